The molecule has 1 heterocycles. The van der Waals surface area contributed by atoms with Gasteiger partial charge in [-0.25, -0.2) is 0 Å². The molecule has 1 aromatic carbocycles. The number of ether oxygens (including phenoxy) is 2. The SMILES string of the molecule is O=Cc1ccc2c(c1)OC([N+](=O)[O-])O2. The summed E-state index contributed by atoms with van der Waals surface area (Å²) in [5, 5.41) is 10.3. The summed E-state index contributed by atoms with van der Waals surface area (Å²) in [4.78, 5) is 20.0. The van der Waals surface area contributed by atoms with Crippen molar-refractivity contribution in [3.8, 4) is 11.5 Å². The number of fused-ring (bicyclic) bond motifs is 1. The quantitative estimate of drug-likeness (QED) is 0.396. The fourth-order valence-electron chi connectivity index (χ4n) is 1.11. The zero-order valence-electron chi connectivity index (χ0n) is 6.88. The molecule has 0 spiro atoms. The summed E-state index contributed by atoms with van der Waals surface area (Å²) in [5.41, 5.74) is 0.386. The van der Waals surface area contributed by atoms with Crippen molar-refractivity contribution in [1.29, 1.82) is 0 Å². The lowest BCUT2D eigenvalue weighted by Crippen LogP contribution is -2.27. The van der Waals surface area contributed by atoms with Crippen molar-refractivity contribution >= 4 is 6.29 Å². The van der Waals surface area contributed by atoms with E-state index in [0.29, 0.717) is 11.8 Å². The van der Waals surface area contributed by atoms with Crippen LogP contribution in [-0.2, 0) is 0 Å². The van der Waals surface area contributed by atoms with Gasteiger partial charge in [0.15, 0.2) is 11.5 Å². The third kappa shape index (κ3) is 1.26. The summed E-state index contributed by atoms with van der Waals surface area (Å²) >= 11 is 0. The highest BCUT2D eigenvalue weighted by molar-refractivity contribution is 5.76. The Hall–Kier alpha value is -2.11. The van der Waals surface area contributed by atoms with E-state index in [1.165, 1.54) is 18.2 Å². The Balaban J connectivity index is 2.31. The smallest absolute Gasteiger partial charge is 0.394 e. The zero-order valence-corrected chi connectivity index (χ0v) is 6.88. The molecule has 0 saturated carbocycles. The first-order chi connectivity index (χ1) is 6.70. The summed E-state index contributed by atoms with van der Waals surface area (Å²) < 4.78 is 9.66. The minimum absolute atomic E-state index is 0.219. The van der Waals surface area contributed by atoms with Gasteiger partial charge in [0.05, 0.1) is 0 Å². The van der Waals surface area contributed by atoms with Gasteiger partial charge in [0.25, 0.3) is 0 Å². The van der Waals surface area contributed by atoms with E-state index in [0.717, 1.165) is 0 Å². The van der Waals surface area contributed by atoms with E-state index in [1.807, 2.05) is 0 Å². The number of nitrogens with zero attached hydrogens (tertiary/aromatic N) is 1. The van der Waals surface area contributed by atoms with Crippen LogP contribution in [0.1, 0.15) is 10.4 Å². The van der Waals surface area contributed by atoms with Crippen LogP contribution in [0.2, 0.25) is 0 Å². The van der Waals surface area contributed by atoms with Crippen LogP contribution in [0, 0.1) is 10.1 Å². The van der Waals surface area contributed by atoms with E-state index in [-0.39, 0.29) is 11.5 Å². The van der Waals surface area contributed by atoms with Crippen molar-refractivity contribution in [2.24, 2.45) is 0 Å². The number of benzene rings is 1. The molecule has 6 nitrogen and oxygen atoms in total. The van der Waals surface area contributed by atoms with Gasteiger partial charge in [-0.15, -0.1) is 0 Å². The third-order valence-corrected chi connectivity index (χ3v) is 1.73. The van der Waals surface area contributed by atoms with E-state index < -0.39 is 11.3 Å². The first-order valence-corrected chi connectivity index (χ1v) is 3.77. The highest BCUT2D eigenvalue weighted by Crippen LogP contribution is 2.34. The largest absolute Gasteiger partial charge is 0.517 e. The predicted octanol–water partition coefficient (Wildman–Crippen LogP) is 0.831. The summed E-state index contributed by atoms with van der Waals surface area (Å²) in [5.74, 6) is 0.494. The number of aldehydes is 1. The molecule has 0 bridgehead atoms. The second-order valence-electron chi connectivity index (χ2n) is 2.65. The van der Waals surface area contributed by atoms with Crippen molar-refractivity contribution in [3.63, 3.8) is 0 Å². The Morgan fingerprint density at radius 1 is 1.36 bits per heavy atom. The Kier molecular flexibility index (Phi) is 1.81. The van der Waals surface area contributed by atoms with E-state index >= 15 is 0 Å². The van der Waals surface area contributed by atoms with Crippen molar-refractivity contribution in [3.05, 3.63) is 33.9 Å². The standard InChI is InChI=1S/C8H5NO5/c10-4-5-1-2-6-7(3-5)14-8(13-6)9(11)12/h1-4,8H. The van der Waals surface area contributed by atoms with Crippen LogP contribution in [-0.4, -0.2) is 17.6 Å². The molecule has 0 fully saturated rings. The molecular weight excluding hydrogens is 190 g/mol. The molecule has 1 aliphatic heterocycles. The molecule has 1 aromatic rings. The van der Waals surface area contributed by atoms with Gasteiger partial charge in [-0.05, 0) is 18.2 Å². The van der Waals surface area contributed by atoms with Gasteiger partial charge >= 0.3 is 6.41 Å². The average Bonchev–Trinajstić information content (AvgIpc) is 2.59. The lowest BCUT2D eigenvalue weighted by Gasteiger charge is -1.98. The van der Waals surface area contributed by atoms with Gasteiger partial charge in [-0.3, -0.25) is 14.9 Å². The highest BCUT2D eigenvalue weighted by atomic mass is 16.8. The molecule has 0 aliphatic carbocycles. The first-order valence-electron chi connectivity index (χ1n) is 3.77. The molecule has 72 valence electrons. The molecule has 1 aliphatic rings. The molecule has 0 radical (unpaired) electrons. The Morgan fingerprint density at radius 3 is 2.71 bits per heavy atom. The predicted molar refractivity (Wildman–Crippen MR) is 43.9 cm³/mol. The normalized spacial score (nSPS) is 17.9. The monoisotopic (exact) mass is 195 g/mol. The van der Waals surface area contributed by atoms with Crippen molar-refractivity contribution in [1.82, 2.24) is 0 Å². The summed E-state index contributed by atoms with van der Waals surface area (Å²) in [7, 11) is 0. The lowest BCUT2D eigenvalue weighted by molar-refractivity contribution is -0.600. The van der Waals surface area contributed by atoms with Crippen LogP contribution in [0.5, 0.6) is 11.5 Å². The fourth-order valence-corrected chi connectivity index (χ4v) is 1.11. The maximum absolute atomic E-state index is 10.4. The highest BCUT2D eigenvalue weighted by Gasteiger charge is 2.33. The van der Waals surface area contributed by atoms with Crippen molar-refractivity contribution < 1.29 is 19.2 Å². The molecule has 0 N–H and O–H groups in total. The fraction of sp³-hybridized carbons (Fsp3) is 0.125. The maximum Gasteiger partial charge on any atom is 0.517 e. The number of carbonyl (C=O) groups excluding carboxylic acids is 1. The van der Waals surface area contributed by atoms with Gasteiger partial charge in [0, 0.05) is 5.56 Å². The number of hydrogen-bond acceptors (Lipinski definition) is 5. The van der Waals surface area contributed by atoms with E-state index in [2.05, 4.69) is 0 Å². The minimum atomic E-state index is -1.51. The molecule has 0 aromatic heterocycles. The van der Waals surface area contributed by atoms with Gasteiger partial charge in [-0.2, -0.15) is 0 Å². The Labute approximate surface area is 78.2 Å². The second-order valence-corrected chi connectivity index (χ2v) is 2.65. The van der Waals surface area contributed by atoms with Gasteiger partial charge in [0.1, 0.15) is 11.2 Å². The number of rotatable bonds is 2. The van der Waals surface area contributed by atoms with E-state index in [9.17, 15) is 14.9 Å². The molecule has 6 heteroatoms. The Bertz CT molecular complexity index is 403. The number of nitro groups is 1. The van der Waals surface area contributed by atoms with Crippen molar-refractivity contribution in [2.45, 2.75) is 6.41 Å². The second kappa shape index (κ2) is 2.99. The Morgan fingerprint density at radius 2 is 2.07 bits per heavy atom. The van der Waals surface area contributed by atoms with Gasteiger partial charge in [0.2, 0.25) is 0 Å². The van der Waals surface area contributed by atoms with Crippen LogP contribution in [0.4, 0.5) is 0 Å². The van der Waals surface area contributed by atoms with Crippen molar-refractivity contribution in [2.75, 3.05) is 0 Å². The maximum atomic E-state index is 10.4. The lowest BCUT2D eigenvalue weighted by atomic mass is 10.2. The topological polar surface area (TPSA) is 78.7 Å². The number of hydrogen-bond donors (Lipinski definition) is 0. The third-order valence-electron chi connectivity index (χ3n) is 1.73. The molecule has 1 atom stereocenters. The average molecular weight is 195 g/mol. The summed E-state index contributed by atoms with van der Waals surface area (Å²) in [6, 6.07) is 4.35. The zero-order chi connectivity index (χ0) is 10.1. The molecule has 0 amide bonds. The molecule has 2 rings (SSSR count). The summed E-state index contributed by atoms with van der Waals surface area (Å²) in [6.45, 7) is 0. The summed E-state index contributed by atoms with van der Waals surface area (Å²) in [6.07, 6.45) is -0.879. The first kappa shape index (κ1) is 8.49. The van der Waals surface area contributed by atoms with Crippen LogP contribution in [0.15, 0.2) is 18.2 Å². The van der Waals surface area contributed by atoms with Crippen LogP contribution < -0.4 is 9.47 Å². The van der Waals surface area contributed by atoms with Crippen LogP contribution in [0.3, 0.4) is 0 Å². The molecular formula is C8H5NO5. The minimum Gasteiger partial charge on any atom is -0.394 e. The van der Waals surface area contributed by atoms with Gasteiger partial charge in [-0.1, -0.05) is 0 Å². The van der Waals surface area contributed by atoms with Crippen LogP contribution >= 0.6 is 0 Å². The van der Waals surface area contributed by atoms with Gasteiger partial charge < -0.3 is 9.47 Å². The number of carbonyl (C=O) groups is 1. The van der Waals surface area contributed by atoms with Crippen LogP contribution in [0.25, 0.3) is 0 Å². The molecule has 0 saturated heterocycles. The molecule has 1 unspecified atom stereocenters. The van der Waals surface area contributed by atoms with E-state index in [4.69, 9.17) is 9.47 Å². The molecule has 14 heavy (non-hydrogen) atoms. The van der Waals surface area contributed by atoms with E-state index in [1.54, 1.807) is 0 Å².